The monoisotopic (exact) mass is 280 g/mol. The van der Waals surface area contributed by atoms with Crippen molar-refractivity contribution in [1.29, 1.82) is 0 Å². The first-order valence-corrected chi connectivity index (χ1v) is 6.52. The van der Waals surface area contributed by atoms with Crippen LogP contribution in [-0.2, 0) is 4.74 Å². The normalized spacial score (nSPS) is 15.9. The summed E-state index contributed by atoms with van der Waals surface area (Å²) in [4.78, 5) is 23.6. The van der Waals surface area contributed by atoms with Gasteiger partial charge in [-0.3, -0.25) is 4.79 Å². The lowest BCUT2D eigenvalue weighted by atomic mass is 9.97. The molecular formula is C14H17FN2O3. The molecule has 1 aromatic rings. The summed E-state index contributed by atoms with van der Waals surface area (Å²) >= 11 is 0. The molecule has 1 aliphatic rings. The fourth-order valence-electron chi connectivity index (χ4n) is 2.45. The molecule has 0 radical (unpaired) electrons. The van der Waals surface area contributed by atoms with Crippen molar-refractivity contribution in [3.63, 3.8) is 0 Å². The van der Waals surface area contributed by atoms with Crippen molar-refractivity contribution in [3.8, 4) is 0 Å². The fraction of sp³-hybridized carbons (Fsp3) is 0.429. The van der Waals surface area contributed by atoms with Crippen LogP contribution in [0, 0.1) is 11.7 Å². The van der Waals surface area contributed by atoms with Crippen LogP contribution in [0.2, 0.25) is 0 Å². The highest BCUT2D eigenvalue weighted by Gasteiger charge is 2.22. The number of halogens is 1. The molecule has 1 saturated heterocycles. The molecule has 1 fully saturated rings. The van der Waals surface area contributed by atoms with Crippen molar-refractivity contribution in [1.82, 2.24) is 0 Å². The van der Waals surface area contributed by atoms with E-state index in [1.54, 1.807) is 6.07 Å². The lowest BCUT2D eigenvalue weighted by Crippen LogP contribution is -2.36. The first-order valence-electron chi connectivity index (χ1n) is 6.52. The summed E-state index contributed by atoms with van der Waals surface area (Å²) < 4.78 is 17.9. The number of ether oxygens (including phenoxy) is 1. The van der Waals surface area contributed by atoms with Crippen LogP contribution >= 0.6 is 0 Å². The number of carbonyl (C=O) groups is 2. The Kier molecular flexibility index (Phi) is 4.55. The van der Waals surface area contributed by atoms with E-state index in [1.165, 1.54) is 12.1 Å². The average molecular weight is 280 g/mol. The summed E-state index contributed by atoms with van der Waals surface area (Å²) in [7, 11) is 0. The second kappa shape index (κ2) is 6.36. The maximum absolute atomic E-state index is 13.1. The van der Waals surface area contributed by atoms with Crippen LogP contribution in [-0.4, -0.2) is 32.1 Å². The molecule has 0 atom stereocenters. The van der Waals surface area contributed by atoms with Crippen molar-refractivity contribution < 1.29 is 18.7 Å². The van der Waals surface area contributed by atoms with Crippen molar-refractivity contribution in [2.24, 2.45) is 11.7 Å². The van der Waals surface area contributed by atoms with Crippen LogP contribution in [0.25, 0.3) is 0 Å². The minimum absolute atomic E-state index is 0.277. The number of nitrogens with two attached hydrogens (primary N) is 1. The summed E-state index contributed by atoms with van der Waals surface area (Å²) in [6.07, 6.45) is 1.58. The van der Waals surface area contributed by atoms with Gasteiger partial charge in [0.05, 0.1) is 6.61 Å². The molecule has 5 nitrogen and oxygen atoms in total. The minimum Gasteiger partial charge on any atom is -0.449 e. The highest BCUT2D eigenvalue weighted by atomic mass is 19.1. The van der Waals surface area contributed by atoms with E-state index in [0.717, 1.165) is 31.6 Å². The molecule has 0 unspecified atom stereocenters. The van der Waals surface area contributed by atoms with Crippen LogP contribution in [0.4, 0.5) is 14.9 Å². The molecule has 0 aromatic heterocycles. The van der Waals surface area contributed by atoms with Crippen molar-refractivity contribution >= 4 is 18.1 Å². The number of nitrogens with zero attached hydrogens (tertiary/aromatic N) is 1. The summed E-state index contributed by atoms with van der Waals surface area (Å²) in [5.74, 6) is -0.139. The van der Waals surface area contributed by atoms with Crippen LogP contribution in [0.1, 0.15) is 23.2 Å². The molecule has 20 heavy (non-hydrogen) atoms. The predicted octanol–water partition coefficient (Wildman–Crippen LogP) is 1.95. The Bertz CT molecular complexity index is 499. The zero-order valence-corrected chi connectivity index (χ0v) is 11.0. The van der Waals surface area contributed by atoms with Crippen LogP contribution < -0.4 is 10.6 Å². The molecule has 2 rings (SSSR count). The van der Waals surface area contributed by atoms with Crippen molar-refractivity contribution in [2.45, 2.75) is 12.8 Å². The van der Waals surface area contributed by atoms with Crippen LogP contribution in [0.15, 0.2) is 18.2 Å². The first kappa shape index (κ1) is 14.3. The van der Waals surface area contributed by atoms with E-state index in [-0.39, 0.29) is 5.92 Å². The van der Waals surface area contributed by atoms with Gasteiger partial charge in [-0.25, -0.2) is 9.18 Å². The van der Waals surface area contributed by atoms with Gasteiger partial charge in [-0.2, -0.15) is 0 Å². The molecule has 1 heterocycles. The van der Waals surface area contributed by atoms with Gasteiger partial charge in [0.25, 0.3) is 0 Å². The summed E-state index contributed by atoms with van der Waals surface area (Å²) in [6, 6.07) is 4.22. The maximum atomic E-state index is 13.1. The standard InChI is InChI=1S/C14H17FN2O3/c15-12-1-2-13(11(7-12)8-18)17-5-3-10(4-6-17)9-20-14(16)19/h1-2,7-8,10H,3-6,9H2,(H2,16,19). The summed E-state index contributed by atoms with van der Waals surface area (Å²) in [5, 5.41) is 0. The number of anilines is 1. The van der Waals surface area contributed by atoms with Gasteiger partial charge in [0, 0.05) is 24.3 Å². The maximum Gasteiger partial charge on any atom is 0.404 e. The second-order valence-electron chi connectivity index (χ2n) is 4.88. The summed E-state index contributed by atoms with van der Waals surface area (Å²) in [6.45, 7) is 1.80. The molecule has 0 saturated carbocycles. The van der Waals surface area contributed by atoms with Gasteiger partial charge in [0.15, 0.2) is 6.29 Å². The van der Waals surface area contributed by atoms with Gasteiger partial charge >= 0.3 is 6.09 Å². The molecule has 0 aliphatic carbocycles. The van der Waals surface area contributed by atoms with Gasteiger partial charge in [-0.15, -0.1) is 0 Å². The smallest absolute Gasteiger partial charge is 0.404 e. The zero-order chi connectivity index (χ0) is 14.5. The third-order valence-corrected chi connectivity index (χ3v) is 3.53. The highest BCUT2D eigenvalue weighted by molar-refractivity contribution is 5.84. The largest absolute Gasteiger partial charge is 0.449 e. The van der Waals surface area contributed by atoms with Crippen LogP contribution in [0.5, 0.6) is 0 Å². The lowest BCUT2D eigenvalue weighted by molar-refractivity contribution is 0.112. The Morgan fingerprint density at radius 3 is 2.75 bits per heavy atom. The Hall–Kier alpha value is -2.11. The SMILES string of the molecule is NC(=O)OCC1CCN(c2ccc(F)cc2C=O)CC1. The number of piperidine rings is 1. The third kappa shape index (κ3) is 3.46. The van der Waals surface area contributed by atoms with Gasteiger partial charge in [-0.1, -0.05) is 0 Å². The Balaban J connectivity index is 1.97. The number of benzene rings is 1. The molecule has 1 aliphatic heterocycles. The van der Waals surface area contributed by atoms with E-state index in [4.69, 9.17) is 10.5 Å². The highest BCUT2D eigenvalue weighted by Crippen LogP contribution is 2.26. The lowest BCUT2D eigenvalue weighted by Gasteiger charge is -2.33. The topological polar surface area (TPSA) is 72.6 Å². The van der Waals surface area contributed by atoms with Gasteiger partial charge in [0.1, 0.15) is 5.82 Å². The first-order chi connectivity index (χ1) is 9.60. The fourth-order valence-corrected chi connectivity index (χ4v) is 2.45. The quantitative estimate of drug-likeness (QED) is 0.856. The number of hydrogen-bond acceptors (Lipinski definition) is 4. The molecule has 1 amide bonds. The van der Waals surface area contributed by atoms with Gasteiger partial charge in [-0.05, 0) is 37.0 Å². The molecule has 2 N–H and O–H groups in total. The van der Waals surface area contributed by atoms with E-state index in [1.807, 2.05) is 4.90 Å². The average Bonchev–Trinajstić information content (AvgIpc) is 2.45. The van der Waals surface area contributed by atoms with E-state index < -0.39 is 11.9 Å². The Morgan fingerprint density at radius 2 is 2.15 bits per heavy atom. The number of amides is 1. The zero-order valence-electron chi connectivity index (χ0n) is 11.0. The molecular weight excluding hydrogens is 263 g/mol. The molecule has 1 aromatic carbocycles. The van der Waals surface area contributed by atoms with E-state index in [9.17, 15) is 14.0 Å². The van der Waals surface area contributed by atoms with E-state index in [0.29, 0.717) is 18.5 Å². The number of carbonyl (C=O) groups excluding carboxylic acids is 2. The number of hydrogen-bond donors (Lipinski definition) is 1. The van der Waals surface area contributed by atoms with E-state index >= 15 is 0 Å². The molecule has 6 heteroatoms. The molecule has 108 valence electrons. The molecule has 0 spiro atoms. The number of rotatable bonds is 4. The summed E-state index contributed by atoms with van der Waals surface area (Å²) in [5.41, 5.74) is 6.04. The van der Waals surface area contributed by atoms with Crippen molar-refractivity contribution in [2.75, 3.05) is 24.6 Å². The van der Waals surface area contributed by atoms with Crippen LogP contribution in [0.3, 0.4) is 0 Å². The predicted molar refractivity (Wildman–Crippen MR) is 72.3 cm³/mol. The Morgan fingerprint density at radius 1 is 1.45 bits per heavy atom. The van der Waals surface area contributed by atoms with Gasteiger partial charge in [0.2, 0.25) is 0 Å². The number of aldehydes is 1. The third-order valence-electron chi connectivity index (χ3n) is 3.53. The van der Waals surface area contributed by atoms with E-state index in [2.05, 4.69) is 0 Å². The molecule has 0 bridgehead atoms. The number of primary amides is 1. The van der Waals surface area contributed by atoms with Crippen molar-refractivity contribution in [3.05, 3.63) is 29.6 Å². The Labute approximate surface area is 116 Å². The second-order valence-corrected chi connectivity index (χ2v) is 4.88. The minimum atomic E-state index is -0.755. The van der Waals surface area contributed by atoms with Gasteiger partial charge < -0.3 is 15.4 Å².